The molecule has 0 spiro atoms. The molecule has 1 aliphatic carbocycles. The van der Waals surface area contributed by atoms with Gasteiger partial charge in [-0.2, -0.15) is 0 Å². The normalized spacial score (nSPS) is 23.6. The first-order chi connectivity index (χ1) is 10.3. The fourth-order valence-electron chi connectivity index (χ4n) is 3.65. The Kier molecular flexibility index (Phi) is 5.28. The van der Waals surface area contributed by atoms with Crippen LogP contribution in [0.15, 0.2) is 30.3 Å². The molecular weight excluding hydrogens is 258 g/mol. The van der Waals surface area contributed by atoms with Crippen molar-refractivity contribution < 1.29 is 0 Å². The van der Waals surface area contributed by atoms with Crippen molar-refractivity contribution in [1.82, 2.24) is 9.80 Å². The van der Waals surface area contributed by atoms with Crippen LogP contribution in [-0.4, -0.2) is 48.6 Å². The van der Waals surface area contributed by atoms with Gasteiger partial charge in [0.1, 0.15) is 0 Å². The number of hydrogen-bond donors (Lipinski definition) is 1. The monoisotopic (exact) mass is 287 g/mol. The molecule has 3 rings (SSSR count). The van der Waals surface area contributed by atoms with Gasteiger partial charge in [0.15, 0.2) is 0 Å². The molecule has 1 aromatic rings. The SMILES string of the molecule is NCCN(C[C@@H]1CCCN(Cc2ccccc2)C1)C1CC1. The number of likely N-dealkylation sites (tertiary alicyclic amines) is 1. The summed E-state index contributed by atoms with van der Waals surface area (Å²) < 4.78 is 0. The average Bonchev–Trinajstić information content (AvgIpc) is 3.33. The Morgan fingerprint density at radius 1 is 1.14 bits per heavy atom. The predicted octanol–water partition coefficient (Wildman–Crippen LogP) is 2.32. The molecule has 0 radical (unpaired) electrons. The molecule has 3 nitrogen and oxygen atoms in total. The summed E-state index contributed by atoms with van der Waals surface area (Å²) in [5, 5.41) is 0. The lowest BCUT2D eigenvalue weighted by atomic mass is 9.96. The molecule has 1 saturated heterocycles. The summed E-state index contributed by atoms with van der Waals surface area (Å²) in [5.74, 6) is 0.828. The van der Waals surface area contributed by atoms with E-state index in [0.717, 1.165) is 31.6 Å². The van der Waals surface area contributed by atoms with Gasteiger partial charge in [0.2, 0.25) is 0 Å². The molecule has 1 atom stereocenters. The van der Waals surface area contributed by atoms with Crippen LogP contribution < -0.4 is 5.73 Å². The molecule has 1 saturated carbocycles. The third-order valence-corrected chi connectivity index (χ3v) is 4.82. The molecule has 2 fully saturated rings. The topological polar surface area (TPSA) is 32.5 Å². The molecule has 3 heteroatoms. The van der Waals surface area contributed by atoms with Gasteiger partial charge >= 0.3 is 0 Å². The van der Waals surface area contributed by atoms with E-state index in [1.54, 1.807) is 0 Å². The zero-order valence-electron chi connectivity index (χ0n) is 13.1. The van der Waals surface area contributed by atoms with Crippen molar-refractivity contribution in [3.8, 4) is 0 Å². The van der Waals surface area contributed by atoms with E-state index in [0.29, 0.717) is 0 Å². The molecule has 1 heterocycles. The quantitative estimate of drug-likeness (QED) is 0.835. The lowest BCUT2D eigenvalue weighted by Gasteiger charge is -2.35. The fourth-order valence-corrected chi connectivity index (χ4v) is 3.65. The molecule has 2 N–H and O–H groups in total. The maximum atomic E-state index is 5.78. The van der Waals surface area contributed by atoms with Crippen LogP contribution in [0.1, 0.15) is 31.2 Å². The second-order valence-corrected chi connectivity index (χ2v) is 6.74. The molecule has 116 valence electrons. The highest BCUT2D eigenvalue weighted by molar-refractivity contribution is 5.14. The lowest BCUT2D eigenvalue weighted by Crippen LogP contribution is -2.42. The van der Waals surface area contributed by atoms with E-state index in [4.69, 9.17) is 5.73 Å². The smallest absolute Gasteiger partial charge is 0.0233 e. The summed E-state index contributed by atoms with van der Waals surface area (Å²) in [4.78, 5) is 5.29. The number of hydrogen-bond acceptors (Lipinski definition) is 3. The van der Waals surface area contributed by atoms with Gasteiger partial charge in [-0.05, 0) is 43.7 Å². The molecule has 2 aliphatic rings. The average molecular weight is 287 g/mol. The predicted molar refractivity (Wildman–Crippen MR) is 88.1 cm³/mol. The number of nitrogens with zero attached hydrogens (tertiary/aromatic N) is 2. The number of nitrogens with two attached hydrogens (primary N) is 1. The van der Waals surface area contributed by atoms with E-state index in [2.05, 4.69) is 40.1 Å². The minimum atomic E-state index is 0.803. The van der Waals surface area contributed by atoms with E-state index >= 15 is 0 Å². The standard InChI is InChI=1S/C18H29N3/c19-10-12-21(18-8-9-18)15-17-7-4-11-20(14-17)13-16-5-2-1-3-6-16/h1-3,5-6,17-18H,4,7-15,19H2/t17-/m1/s1. The summed E-state index contributed by atoms with van der Waals surface area (Å²) in [6.45, 7) is 6.76. The summed E-state index contributed by atoms with van der Waals surface area (Å²) in [5.41, 5.74) is 7.22. The molecule has 21 heavy (non-hydrogen) atoms. The number of benzene rings is 1. The van der Waals surface area contributed by atoms with Gasteiger partial charge in [-0.15, -0.1) is 0 Å². The number of piperidine rings is 1. The first-order valence-corrected chi connectivity index (χ1v) is 8.55. The number of rotatable bonds is 7. The Hall–Kier alpha value is -0.900. The molecule has 1 aliphatic heterocycles. The highest BCUT2D eigenvalue weighted by atomic mass is 15.2. The Labute approximate surface area is 129 Å². The fraction of sp³-hybridized carbons (Fsp3) is 0.667. The molecule has 0 aromatic heterocycles. The van der Waals surface area contributed by atoms with Crippen LogP contribution in [0.2, 0.25) is 0 Å². The van der Waals surface area contributed by atoms with Gasteiger partial charge in [0.25, 0.3) is 0 Å². The van der Waals surface area contributed by atoms with Crippen molar-refractivity contribution in [1.29, 1.82) is 0 Å². The van der Waals surface area contributed by atoms with Gasteiger partial charge in [0.05, 0.1) is 0 Å². The van der Waals surface area contributed by atoms with Crippen LogP contribution >= 0.6 is 0 Å². The molecule has 0 unspecified atom stereocenters. The molecule has 1 aromatic carbocycles. The highest BCUT2D eigenvalue weighted by Crippen LogP contribution is 2.29. The van der Waals surface area contributed by atoms with Gasteiger partial charge in [-0.3, -0.25) is 9.80 Å². The lowest BCUT2D eigenvalue weighted by molar-refractivity contribution is 0.126. The Balaban J connectivity index is 1.50. The second kappa shape index (κ2) is 7.39. The van der Waals surface area contributed by atoms with E-state index < -0.39 is 0 Å². The van der Waals surface area contributed by atoms with Crippen molar-refractivity contribution >= 4 is 0 Å². The Morgan fingerprint density at radius 2 is 1.95 bits per heavy atom. The van der Waals surface area contributed by atoms with Crippen LogP contribution in [0.3, 0.4) is 0 Å². The third kappa shape index (κ3) is 4.53. The Morgan fingerprint density at radius 3 is 2.67 bits per heavy atom. The van der Waals surface area contributed by atoms with Crippen molar-refractivity contribution in [2.45, 2.75) is 38.3 Å². The summed E-state index contributed by atoms with van der Waals surface area (Å²) in [6, 6.07) is 11.7. The molecular formula is C18H29N3. The maximum Gasteiger partial charge on any atom is 0.0233 e. The minimum absolute atomic E-state index is 0.803. The van der Waals surface area contributed by atoms with Crippen molar-refractivity contribution in [3.63, 3.8) is 0 Å². The maximum absolute atomic E-state index is 5.78. The van der Waals surface area contributed by atoms with E-state index in [1.807, 2.05) is 0 Å². The molecule has 0 amide bonds. The van der Waals surface area contributed by atoms with Crippen LogP contribution in [0.4, 0.5) is 0 Å². The van der Waals surface area contributed by atoms with Gasteiger partial charge in [-0.1, -0.05) is 30.3 Å². The minimum Gasteiger partial charge on any atom is -0.329 e. The van der Waals surface area contributed by atoms with Gasteiger partial charge in [-0.25, -0.2) is 0 Å². The van der Waals surface area contributed by atoms with Crippen LogP contribution in [0.5, 0.6) is 0 Å². The Bertz CT molecular complexity index is 416. The zero-order chi connectivity index (χ0) is 14.5. The zero-order valence-corrected chi connectivity index (χ0v) is 13.1. The van der Waals surface area contributed by atoms with Crippen LogP contribution in [0.25, 0.3) is 0 Å². The van der Waals surface area contributed by atoms with Crippen LogP contribution in [-0.2, 0) is 6.54 Å². The van der Waals surface area contributed by atoms with E-state index in [1.165, 1.54) is 50.9 Å². The highest BCUT2D eigenvalue weighted by Gasteiger charge is 2.31. The molecule has 0 bridgehead atoms. The summed E-state index contributed by atoms with van der Waals surface area (Å²) in [6.07, 6.45) is 5.51. The van der Waals surface area contributed by atoms with Crippen molar-refractivity contribution in [2.75, 3.05) is 32.7 Å². The van der Waals surface area contributed by atoms with Crippen LogP contribution in [0, 0.1) is 5.92 Å². The largest absolute Gasteiger partial charge is 0.329 e. The summed E-state index contributed by atoms with van der Waals surface area (Å²) >= 11 is 0. The van der Waals surface area contributed by atoms with Gasteiger partial charge < -0.3 is 5.73 Å². The third-order valence-electron chi connectivity index (χ3n) is 4.82. The van der Waals surface area contributed by atoms with Gasteiger partial charge in [0, 0.05) is 38.8 Å². The van der Waals surface area contributed by atoms with Crippen molar-refractivity contribution in [3.05, 3.63) is 35.9 Å². The van der Waals surface area contributed by atoms with Crippen molar-refractivity contribution in [2.24, 2.45) is 11.7 Å². The first-order valence-electron chi connectivity index (χ1n) is 8.55. The van der Waals surface area contributed by atoms with E-state index in [9.17, 15) is 0 Å². The summed E-state index contributed by atoms with van der Waals surface area (Å²) in [7, 11) is 0. The second-order valence-electron chi connectivity index (χ2n) is 6.74. The van der Waals surface area contributed by atoms with E-state index in [-0.39, 0.29) is 0 Å². The first kappa shape index (κ1) is 15.0.